The summed E-state index contributed by atoms with van der Waals surface area (Å²) in [4.78, 5) is 23.7. The smallest absolute Gasteiger partial charge is 0.305 e. The van der Waals surface area contributed by atoms with Crippen LogP contribution >= 0.6 is 43.2 Å². The van der Waals surface area contributed by atoms with E-state index < -0.39 is 0 Å². The van der Waals surface area contributed by atoms with Gasteiger partial charge in [0.15, 0.2) is 0 Å². The van der Waals surface area contributed by atoms with Gasteiger partial charge in [0, 0.05) is 34.8 Å². The van der Waals surface area contributed by atoms with E-state index in [4.69, 9.17) is 9.47 Å². The van der Waals surface area contributed by atoms with Crippen LogP contribution in [0.15, 0.2) is 0 Å². The number of rotatable bonds is 27. The van der Waals surface area contributed by atoms with Crippen LogP contribution in [0, 0.1) is 0 Å². The van der Waals surface area contributed by atoms with Crippen LogP contribution in [-0.2, 0) is 19.1 Å². The predicted octanol–water partition coefficient (Wildman–Crippen LogP) is 11.0. The number of carbonyl (C=O) groups excluding carboxylic acids is 2. The highest BCUT2D eigenvalue weighted by Gasteiger charge is 2.17. The molecule has 2 aliphatic rings. The van der Waals surface area contributed by atoms with Gasteiger partial charge in [0.05, 0.1) is 13.2 Å². The molecule has 4 nitrogen and oxygen atoms in total. The van der Waals surface area contributed by atoms with Crippen molar-refractivity contribution in [2.24, 2.45) is 0 Å². The predicted molar refractivity (Wildman–Crippen MR) is 180 cm³/mol. The molecule has 0 aliphatic carbocycles. The van der Waals surface area contributed by atoms with Gasteiger partial charge in [0.25, 0.3) is 0 Å². The minimum atomic E-state index is 0.00303. The van der Waals surface area contributed by atoms with Gasteiger partial charge in [-0.1, -0.05) is 133 Å². The summed E-state index contributed by atoms with van der Waals surface area (Å²) >= 11 is 0. The molecule has 0 aromatic carbocycles. The second-order valence-electron chi connectivity index (χ2n) is 11.5. The molecule has 8 heteroatoms. The zero-order valence-electron chi connectivity index (χ0n) is 25.2. The monoisotopic (exact) mass is 634 g/mol. The highest BCUT2D eigenvalue weighted by Crippen LogP contribution is 2.40. The van der Waals surface area contributed by atoms with Crippen LogP contribution in [0.5, 0.6) is 0 Å². The second kappa shape index (κ2) is 26.9. The number of unbranched alkanes of at least 4 members (excludes halogenated alkanes) is 15. The molecule has 0 radical (unpaired) electrons. The Morgan fingerprint density at radius 3 is 1.15 bits per heavy atom. The van der Waals surface area contributed by atoms with Gasteiger partial charge in [-0.25, -0.2) is 0 Å². The Bertz CT molecular complexity index is 558. The molecule has 0 bridgehead atoms. The molecule has 2 fully saturated rings. The van der Waals surface area contributed by atoms with Gasteiger partial charge in [-0.15, -0.1) is 0 Å². The fourth-order valence-corrected chi connectivity index (χ4v) is 11.3. The SMILES string of the molecule is O=C(CCCCC1CCSS1)OCCCCCCCCCCCCCCCCOC(=O)CCCCC1CCSS1. The van der Waals surface area contributed by atoms with Crippen molar-refractivity contribution in [3.8, 4) is 0 Å². The Balaban J connectivity index is 1.18. The third kappa shape index (κ3) is 22.0. The average Bonchev–Trinajstić information content (AvgIpc) is 3.67. The minimum Gasteiger partial charge on any atom is -0.466 e. The molecule has 2 heterocycles. The molecule has 40 heavy (non-hydrogen) atoms. The maximum atomic E-state index is 11.8. The van der Waals surface area contributed by atoms with Crippen molar-refractivity contribution >= 4 is 55.1 Å². The molecule has 2 rings (SSSR count). The fourth-order valence-electron chi connectivity index (χ4n) is 5.25. The molecule has 2 saturated heterocycles. The largest absolute Gasteiger partial charge is 0.466 e. The van der Waals surface area contributed by atoms with Crippen LogP contribution in [0.1, 0.15) is 154 Å². The van der Waals surface area contributed by atoms with E-state index in [1.165, 1.54) is 114 Å². The number of hydrogen-bond acceptors (Lipinski definition) is 8. The van der Waals surface area contributed by atoms with Crippen LogP contribution < -0.4 is 0 Å². The summed E-state index contributed by atoms with van der Waals surface area (Å²) in [6.07, 6.45) is 28.4. The molecule has 0 N–H and O–H groups in total. The molecule has 2 unspecified atom stereocenters. The first kappa shape index (κ1) is 36.5. The first-order valence-electron chi connectivity index (χ1n) is 16.6. The molecular weight excluding hydrogens is 577 g/mol. The van der Waals surface area contributed by atoms with E-state index in [9.17, 15) is 9.59 Å². The van der Waals surface area contributed by atoms with Crippen molar-refractivity contribution in [3.63, 3.8) is 0 Å². The summed E-state index contributed by atoms with van der Waals surface area (Å²) in [7, 11) is 8.04. The van der Waals surface area contributed by atoms with Gasteiger partial charge in [0.2, 0.25) is 0 Å². The highest BCUT2D eigenvalue weighted by atomic mass is 33.1. The first-order chi connectivity index (χ1) is 19.7. The van der Waals surface area contributed by atoms with E-state index in [0.29, 0.717) is 26.1 Å². The van der Waals surface area contributed by atoms with Gasteiger partial charge >= 0.3 is 11.9 Å². The van der Waals surface area contributed by atoms with Crippen molar-refractivity contribution in [2.45, 2.75) is 165 Å². The second-order valence-corrected chi connectivity index (χ2v) is 17.1. The van der Waals surface area contributed by atoms with Gasteiger partial charge in [0.1, 0.15) is 0 Å². The zero-order chi connectivity index (χ0) is 28.4. The molecule has 0 aromatic rings. The molecule has 2 atom stereocenters. The van der Waals surface area contributed by atoms with Crippen molar-refractivity contribution in [2.75, 3.05) is 24.7 Å². The Morgan fingerprint density at radius 1 is 0.475 bits per heavy atom. The number of hydrogen-bond donors (Lipinski definition) is 0. The molecule has 234 valence electrons. The van der Waals surface area contributed by atoms with E-state index in [-0.39, 0.29) is 11.9 Å². The number of esters is 2. The minimum absolute atomic E-state index is 0.00303. The summed E-state index contributed by atoms with van der Waals surface area (Å²) in [5, 5.41) is 1.63. The molecular formula is C32H58O4S4. The van der Waals surface area contributed by atoms with Crippen molar-refractivity contribution < 1.29 is 19.1 Å². The van der Waals surface area contributed by atoms with Crippen molar-refractivity contribution in [1.29, 1.82) is 0 Å². The topological polar surface area (TPSA) is 52.6 Å². The van der Waals surface area contributed by atoms with E-state index in [0.717, 1.165) is 49.0 Å². The Hall–Kier alpha value is 0.340. The van der Waals surface area contributed by atoms with Gasteiger partial charge in [-0.3, -0.25) is 9.59 Å². The van der Waals surface area contributed by atoms with Gasteiger partial charge in [-0.05, 0) is 51.4 Å². The number of ether oxygens (including phenoxy) is 2. The van der Waals surface area contributed by atoms with Crippen LogP contribution in [0.25, 0.3) is 0 Å². The third-order valence-electron chi connectivity index (χ3n) is 7.83. The third-order valence-corrected chi connectivity index (χ3v) is 13.8. The first-order valence-corrected chi connectivity index (χ1v) is 21.4. The van der Waals surface area contributed by atoms with E-state index in [1.807, 2.05) is 43.2 Å². The lowest BCUT2D eigenvalue weighted by Crippen LogP contribution is -2.06. The van der Waals surface area contributed by atoms with Crippen molar-refractivity contribution in [1.82, 2.24) is 0 Å². The molecule has 0 saturated carbocycles. The van der Waals surface area contributed by atoms with Crippen LogP contribution in [0.2, 0.25) is 0 Å². The molecule has 0 spiro atoms. The maximum absolute atomic E-state index is 11.8. The van der Waals surface area contributed by atoms with E-state index >= 15 is 0 Å². The summed E-state index contributed by atoms with van der Waals surface area (Å²) in [5.74, 6) is 2.59. The standard InChI is InChI=1S/C32H58O4S4/c33-31(21-15-13-19-29-23-27-37-39-29)35-25-17-11-9-7-5-3-1-2-4-6-8-10-12-18-26-36-32(34)22-16-14-20-30-24-28-38-40-30/h29-30H,1-28H2. The summed E-state index contributed by atoms with van der Waals surface area (Å²) in [6.45, 7) is 1.22. The Kier molecular flexibility index (Phi) is 24.6. The highest BCUT2D eigenvalue weighted by molar-refractivity contribution is 8.77. The van der Waals surface area contributed by atoms with E-state index in [1.54, 1.807) is 0 Å². The maximum Gasteiger partial charge on any atom is 0.305 e. The zero-order valence-corrected chi connectivity index (χ0v) is 28.5. The van der Waals surface area contributed by atoms with Crippen LogP contribution in [0.3, 0.4) is 0 Å². The Morgan fingerprint density at radius 2 is 0.825 bits per heavy atom. The van der Waals surface area contributed by atoms with Crippen molar-refractivity contribution in [3.05, 3.63) is 0 Å². The lowest BCUT2D eigenvalue weighted by atomic mass is 10.0. The Labute approximate surface area is 262 Å². The van der Waals surface area contributed by atoms with Gasteiger partial charge in [-0.2, -0.15) is 0 Å². The molecule has 0 amide bonds. The van der Waals surface area contributed by atoms with Crippen LogP contribution in [-0.4, -0.2) is 47.2 Å². The fraction of sp³-hybridized carbons (Fsp3) is 0.938. The average molecular weight is 635 g/mol. The normalized spacial score (nSPS) is 18.8. The number of carbonyl (C=O) groups is 2. The van der Waals surface area contributed by atoms with E-state index in [2.05, 4.69) is 0 Å². The summed E-state index contributed by atoms with van der Waals surface area (Å²) in [6, 6.07) is 0. The van der Waals surface area contributed by atoms with Gasteiger partial charge < -0.3 is 9.47 Å². The summed E-state index contributed by atoms with van der Waals surface area (Å²) in [5.41, 5.74) is 0. The molecule has 0 aromatic heterocycles. The lowest BCUT2D eigenvalue weighted by Gasteiger charge is -2.07. The summed E-state index contributed by atoms with van der Waals surface area (Å²) < 4.78 is 10.8. The quantitative estimate of drug-likeness (QED) is 0.0502. The molecule has 2 aliphatic heterocycles. The van der Waals surface area contributed by atoms with Crippen LogP contribution in [0.4, 0.5) is 0 Å². The lowest BCUT2D eigenvalue weighted by molar-refractivity contribution is -0.144.